The third kappa shape index (κ3) is 3.18. The van der Waals surface area contributed by atoms with Crippen molar-refractivity contribution in [1.29, 1.82) is 0 Å². The molecule has 0 amide bonds. The topological polar surface area (TPSA) is 73.8 Å². The molecule has 3 rings (SSSR count). The van der Waals surface area contributed by atoms with E-state index in [1.54, 1.807) is 0 Å². The van der Waals surface area contributed by atoms with Crippen molar-refractivity contribution < 1.29 is 14.5 Å². The number of rotatable bonds is 4. The molecule has 1 aromatic carbocycles. The lowest BCUT2D eigenvalue weighted by molar-refractivity contribution is -0.385. The second-order valence-corrected chi connectivity index (χ2v) is 7.45. The van der Waals surface area contributed by atoms with Gasteiger partial charge in [-0.25, -0.2) is 0 Å². The molecule has 139 valence electrons. The number of aromatic nitrogens is 1. The monoisotopic (exact) mass is 365 g/mol. The van der Waals surface area contributed by atoms with E-state index in [1.165, 1.54) is 25.3 Å². The predicted octanol–water partition coefficient (Wildman–Crippen LogP) is 4.49. The zero-order valence-corrected chi connectivity index (χ0v) is 16.0. The number of nitro benzene ring substituents is 1. The molecule has 0 spiro atoms. The Morgan fingerprint density at radius 2 is 1.93 bits per heavy atom. The summed E-state index contributed by atoms with van der Waals surface area (Å²) in [6.45, 7) is 8.09. The number of benzene rings is 1. The molecular formula is C21H21N2O4. The molecule has 6 nitrogen and oxygen atoms in total. The second-order valence-electron chi connectivity index (χ2n) is 7.45. The van der Waals surface area contributed by atoms with Crippen LogP contribution >= 0.6 is 0 Å². The number of aryl methyl sites for hydroxylation is 1. The average Bonchev–Trinajstić information content (AvgIpc) is 2.95. The van der Waals surface area contributed by atoms with Crippen molar-refractivity contribution in [2.45, 2.75) is 33.1 Å². The molecule has 0 N–H and O–H groups in total. The summed E-state index contributed by atoms with van der Waals surface area (Å²) in [7, 11) is 1.35. The first-order valence-electron chi connectivity index (χ1n) is 8.56. The molecule has 3 aromatic rings. The van der Waals surface area contributed by atoms with Crippen molar-refractivity contribution in [3.8, 4) is 5.75 Å². The van der Waals surface area contributed by atoms with E-state index in [-0.39, 0.29) is 22.6 Å². The minimum atomic E-state index is -0.531. The SMILES string of the molecule is COc1cc(C(=O)c2c(C)[c]c3cccc(C(C)(C)C)n23)ccc1[N+](=O)[O-]. The highest BCUT2D eigenvalue weighted by Crippen LogP contribution is 2.31. The van der Waals surface area contributed by atoms with Crippen LogP contribution in [-0.4, -0.2) is 22.2 Å². The number of nitro groups is 1. The van der Waals surface area contributed by atoms with Crippen LogP contribution in [0.5, 0.6) is 5.75 Å². The molecule has 0 aliphatic carbocycles. The van der Waals surface area contributed by atoms with Crippen molar-refractivity contribution in [3.05, 3.63) is 75.1 Å². The van der Waals surface area contributed by atoms with Gasteiger partial charge in [0.15, 0.2) is 5.75 Å². The summed E-state index contributed by atoms with van der Waals surface area (Å²) in [5.41, 5.74) is 3.02. The van der Waals surface area contributed by atoms with Gasteiger partial charge >= 0.3 is 5.69 Å². The van der Waals surface area contributed by atoms with Gasteiger partial charge in [-0.2, -0.15) is 0 Å². The Labute approximate surface area is 157 Å². The summed E-state index contributed by atoms with van der Waals surface area (Å²) in [6, 6.07) is 13.3. The van der Waals surface area contributed by atoms with Crippen molar-refractivity contribution in [2.24, 2.45) is 0 Å². The Morgan fingerprint density at radius 1 is 1.22 bits per heavy atom. The molecule has 1 radical (unpaired) electrons. The van der Waals surface area contributed by atoms with E-state index in [1.807, 2.05) is 29.5 Å². The van der Waals surface area contributed by atoms with Gasteiger partial charge < -0.3 is 9.14 Å². The molecule has 0 atom stereocenters. The maximum absolute atomic E-state index is 13.3. The van der Waals surface area contributed by atoms with Crippen LogP contribution in [0.25, 0.3) is 5.52 Å². The summed E-state index contributed by atoms with van der Waals surface area (Å²) in [6.07, 6.45) is 0. The lowest BCUT2D eigenvalue weighted by Crippen LogP contribution is -2.19. The van der Waals surface area contributed by atoms with E-state index in [0.717, 1.165) is 16.8 Å². The van der Waals surface area contributed by atoms with E-state index < -0.39 is 4.92 Å². The smallest absolute Gasteiger partial charge is 0.310 e. The number of hydrogen-bond donors (Lipinski definition) is 0. The van der Waals surface area contributed by atoms with Crippen molar-refractivity contribution in [1.82, 2.24) is 4.40 Å². The summed E-state index contributed by atoms with van der Waals surface area (Å²) in [5.74, 6) is -0.168. The second kappa shape index (κ2) is 6.54. The fourth-order valence-electron chi connectivity index (χ4n) is 3.23. The van der Waals surface area contributed by atoms with Gasteiger partial charge in [0, 0.05) is 28.8 Å². The van der Waals surface area contributed by atoms with E-state index >= 15 is 0 Å². The maximum Gasteiger partial charge on any atom is 0.310 e. The number of carbonyl (C=O) groups excluding carboxylic acids is 1. The van der Waals surface area contributed by atoms with Gasteiger partial charge in [0.25, 0.3) is 0 Å². The van der Waals surface area contributed by atoms with Gasteiger partial charge in [0.05, 0.1) is 23.2 Å². The van der Waals surface area contributed by atoms with Gasteiger partial charge in [0.2, 0.25) is 5.78 Å². The van der Waals surface area contributed by atoms with Crippen LogP contribution in [-0.2, 0) is 5.41 Å². The fourth-order valence-corrected chi connectivity index (χ4v) is 3.23. The first kappa shape index (κ1) is 18.6. The quantitative estimate of drug-likeness (QED) is 0.388. The lowest BCUT2D eigenvalue weighted by Gasteiger charge is -2.22. The molecule has 6 heteroatoms. The van der Waals surface area contributed by atoms with Gasteiger partial charge in [-0.05, 0) is 36.8 Å². The zero-order valence-electron chi connectivity index (χ0n) is 16.0. The van der Waals surface area contributed by atoms with E-state index in [0.29, 0.717) is 11.3 Å². The summed E-state index contributed by atoms with van der Waals surface area (Å²) in [4.78, 5) is 23.9. The number of methoxy groups -OCH3 is 1. The molecular weight excluding hydrogens is 344 g/mol. The molecule has 27 heavy (non-hydrogen) atoms. The largest absolute Gasteiger partial charge is 0.490 e. The Hall–Kier alpha value is -3.15. The molecule has 0 saturated carbocycles. The highest BCUT2D eigenvalue weighted by molar-refractivity contribution is 6.10. The third-order valence-electron chi connectivity index (χ3n) is 4.51. The molecule has 0 aliphatic heterocycles. The number of ketones is 1. The molecule has 0 fully saturated rings. The Balaban J connectivity index is 2.23. The highest BCUT2D eigenvalue weighted by Gasteiger charge is 2.25. The Kier molecular flexibility index (Phi) is 4.51. The van der Waals surface area contributed by atoms with Gasteiger partial charge in [-0.3, -0.25) is 14.9 Å². The Bertz CT molecular complexity index is 1060. The fraction of sp³-hybridized carbons (Fsp3) is 0.286. The number of fused-ring (bicyclic) bond motifs is 1. The van der Waals surface area contributed by atoms with Gasteiger partial charge in [0.1, 0.15) is 0 Å². The van der Waals surface area contributed by atoms with Crippen molar-refractivity contribution >= 4 is 17.0 Å². The normalized spacial score (nSPS) is 11.6. The maximum atomic E-state index is 13.3. The summed E-state index contributed by atoms with van der Waals surface area (Å²) >= 11 is 0. The highest BCUT2D eigenvalue weighted by atomic mass is 16.6. The summed E-state index contributed by atoms with van der Waals surface area (Å²) < 4.78 is 7.02. The summed E-state index contributed by atoms with van der Waals surface area (Å²) in [5, 5.41) is 11.1. The standard InChI is InChI=1S/C21H21N2O4/c1-13-11-15-7-6-8-18(21(2,3)4)22(15)19(13)20(24)14-9-10-16(23(25)26)17(12-14)27-5/h6-10,12H,1-5H3. The molecule has 2 aromatic heterocycles. The van der Waals surface area contributed by atoms with Crippen LogP contribution in [0.1, 0.15) is 48.1 Å². The molecule has 0 bridgehead atoms. The van der Waals surface area contributed by atoms with Crippen LogP contribution in [0.4, 0.5) is 5.69 Å². The van der Waals surface area contributed by atoms with Crippen molar-refractivity contribution in [3.63, 3.8) is 0 Å². The first-order valence-corrected chi connectivity index (χ1v) is 8.56. The Morgan fingerprint density at radius 3 is 2.52 bits per heavy atom. The number of hydrogen-bond acceptors (Lipinski definition) is 4. The predicted molar refractivity (Wildman–Crippen MR) is 103 cm³/mol. The van der Waals surface area contributed by atoms with Gasteiger partial charge in [-0.1, -0.05) is 26.8 Å². The van der Waals surface area contributed by atoms with Crippen molar-refractivity contribution in [2.75, 3.05) is 7.11 Å². The third-order valence-corrected chi connectivity index (χ3v) is 4.51. The van der Waals surface area contributed by atoms with Crippen LogP contribution in [0.3, 0.4) is 0 Å². The molecule has 0 saturated heterocycles. The average molecular weight is 365 g/mol. The number of carbonyl (C=O) groups is 1. The van der Waals surface area contributed by atoms with Crippen LogP contribution in [0, 0.1) is 23.1 Å². The zero-order chi connectivity index (χ0) is 19.9. The van der Waals surface area contributed by atoms with Crippen LogP contribution in [0.15, 0.2) is 36.4 Å². The number of nitrogens with zero attached hydrogens (tertiary/aromatic N) is 2. The van der Waals surface area contributed by atoms with Crippen LogP contribution in [0.2, 0.25) is 0 Å². The molecule has 2 heterocycles. The van der Waals surface area contributed by atoms with Crippen LogP contribution < -0.4 is 4.74 Å². The lowest BCUT2D eigenvalue weighted by atomic mass is 9.91. The molecule has 0 aliphatic rings. The first-order chi connectivity index (χ1) is 12.6. The molecule has 0 unspecified atom stereocenters. The number of ether oxygens (including phenoxy) is 1. The van der Waals surface area contributed by atoms with Gasteiger partial charge in [-0.15, -0.1) is 0 Å². The minimum Gasteiger partial charge on any atom is -0.490 e. The van der Waals surface area contributed by atoms with E-state index in [4.69, 9.17) is 4.74 Å². The van der Waals surface area contributed by atoms with E-state index in [9.17, 15) is 14.9 Å². The van der Waals surface area contributed by atoms with E-state index in [2.05, 4.69) is 26.8 Å². The minimum absolute atomic E-state index is 0.0596. The number of pyridine rings is 1.